The molecule has 0 saturated carbocycles. The van der Waals surface area contributed by atoms with Crippen LogP contribution in [0.15, 0.2) is 91.1 Å². The number of aryl methyl sites for hydroxylation is 1. The van der Waals surface area contributed by atoms with Gasteiger partial charge in [0.2, 0.25) is 5.91 Å². The molecule has 1 aromatic heterocycles. The van der Waals surface area contributed by atoms with E-state index in [0.29, 0.717) is 37.3 Å². The Morgan fingerprint density at radius 2 is 1.89 bits per heavy atom. The van der Waals surface area contributed by atoms with Gasteiger partial charge in [-0.15, -0.1) is 5.10 Å². The number of hydrogen-bond donors (Lipinski definition) is 2. The van der Waals surface area contributed by atoms with Gasteiger partial charge in [0.05, 0.1) is 35.4 Å². The molecule has 3 aromatic carbocycles. The second-order valence-electron chi connectivity index (χ2n) is 11.6. The number of rotatable bonds is 12. The summed E-state index contributed by atoms with van der Waals surface area (Å²) in [5.74, 6) is -1.56. The maximum atomic E-state index is 14.0. The molecule has 2 aliphatic heterocycles. The first-order valence-corrected chi connectivity index (χ1v) is 15.2. The van der Waals surface area contributed by atoms with Crippen LogP contribution in [0, 0.1) is 16.0 Å². The smallest absolute Gasteiger partial charge is 0.269 e. The largest absolute Gasteiger partial charge is 0.395 e. The zero-order chi connectivity index (χ0) is 32.4. The topological polar surface area (TPSA) is 155 Å². The third-order valence-electron chi connectivity index (χ3n) is 8.78. The summed E-state index contributed by atoms with van der Waals surface area (Å²) in [7, 11) is 0. The van der Waals surface area contributed by atoms with Crippen LogP contribution in [-0.2, 0) is 28.3 Å². The number of carbonyl (C=O) groups excluding carboxylic acids is 2. The van der Waals surface area contributed by atoms with Crippen LogP contribution >= 0.6 is 0 Å². The van der Waals surface area contributed by atoms with Crippen molar-refractivity contribution in [3.8, 4) is 0 Å². The van der Waals surface area contributed by atoms with Crippen LogP contribution in [0.3, 0.4) is 0 Å². The van der Waals surface area contributed by atoms with E-state index in [4.69, 9.17) is 0 Å². The van der Waals surface area contributed by atoms with Gasteiger partial charge in [0.25, 0.3) is 11.6 Å². The third kappa shape index (κ3) is 5.68. The van der Waals surface area contributed by atoms with Crippen molar-refractivity contribution in [2.75, 3.05) is 23.0 Å². The summed E-state index contributed by atoms with van der Waals surface area (Å²) in [4.78, 5) is 40.2. The van der Waals surface area contributed by atoms with Gasteiger partial charge in [-0.2, -0.15) is 0 Å². The van der Waals surface area contributed by atoms with Crippen molar-refractivity contribution in [2.24, 2.45) is 5.92 Å². The van der Waals surface area contributed by atoms with E-state index in [1.807, 2.05) is 60.7 Å². The summed E-state index contributed by atoms with van der Waals surface area (Å²) >= 11 is 0. The summed E-state index contributed by atoms with van der Waals surface area (Å²) < 4.78 is 1.67. The molecule has 46 heavy (non-hydrogen) atoms. The molecule has 1 saturated heterocycles. The highest BCUT2D eigenvalue weighted by atomic mass is 16.6. The minimum absolute atomic E-state index is 0.0350. The predicted octanol–water partition coefficient (Wildman–Crippen LogP) is 4.06. The van der Waals surface area contributed by atoms with Crippen molar-refractivity contribution in [2.45, 2.75) is 44.4 Å². The first kappa shape index (κ1) is 30.8. The lowest BCUT2D eigenvalue weighted by atomic mass is 9.82. The predicted molar refractivity (Wildman–Crippen MR) is 170 cm³/mol. The van der Waals surface area contributed by atoms with Gasteiger partial charge in [-0.1, -0.05) is 66.8 Å². The molecule has 3 heterocycles. The number of nitro benzene ring substituents is 1. The van der Waals surface area contributed by atoms with Gasteiger partial charge in [0.15, 0.2) is 5.60 Å². The van der Waals surface area contributed by atoms with Crippen LogP contribution in [0.5, 0.6) is 0 Å². The highest BCUT2D eigenvalue weighted by Gasteiger charge is 2.53. The second-order valence-corrected chi connectivity index (χ2v) is 11.6. The van der Waals surface area contributed by atoms with Gasteiger partial charge < -0.3 is 20.0 Å². The number of benzene rings is 3. The number of hydrogen-bond acceptors (Lipinski definition) is 8. The van der Waals surface area contributed by atoms with Gasteiger partial charge in [0.1, 0.15) is 0 Å². The lowest BCUT2D eigenvalue weighted by molar-refractivity contribution is -0.385. The Labute approximate surface area is 265 Å². The number of amides is 2. The van der Waals surface area contributed by atoms with Crippen LogP contribution in [0.2, 0.25) is 0 Å². The molecule has 12 nitrogen and oxygen atoms in total. The normalized spacial score (nSPS) is 18.9. The number of fused-ring (bicyclic) bond motifs is 1. The van der Waals surface area contributed by atoms with E-state index < -0.39 is 22.3 Å². The molecular formula is C34H34N6O6. The number of non-ortho nitro benzene ring substituents is 1. The number of aliphatic hydroxyl groups excluding tert-OH is 1. The molecular weight excluding hydrogens is 588 g/mol. The SMILES string of the molecule is C[C@H](/C=C/CCn1cc(C(CO)c2ccccc2)nn1)[C@@]1(O)C(=O)N(Cc2cccc(N3CCC3=O)c2)c2ccc([N+](=O)[O-])cc21. The van der Waals surface area contributed by atoms with E-state index in [-0.39, 0.29) is 36.2 Å². The first-order valence-electron chi connectivity index (χ1n) is 15.2. The number of nitrogens with zero attached hydrogens (tertiary/aromatic N) is 6. The summed E-state index contributed by atoms with van der Waals surface area (Å²) in [5, 5.41) is 42.0. The van der Waals surface area contributed by atoms with Crippen molar-refractivity contribution in [3.05, 3.63) is 124 Å². The highest BCUT2D eigenvalue weighted by molar-refractivity contribution is 6.07. The minimum atomic E-state index is -2.03. The van der Waals surface area contributed by atoms with Crippen LogP contribution in [0.25, 0.3) is 0 Å². The Kier molecular flexibility index (Phi) is 8.48. The summed E-state index contributed by atoms with van der Waals surface area (Å²) in [6, 6.07) is 21.0. The van der Waals surface area contributed by atoms with E-state index >= 15 is 0 Å². The molecule has 0 aliphatic carbocycles. The lowest BCUT2D eigenvalue weighted by Gasteiger charge is -2.31. The van der Waals surface area contributed by atoms with Crippen LogP contribution in [-0.4, -0.2) is 55.1 Å². The Balaban J connectivity index is 1.19. The van der Waals surface area contributed by atoms with Gasteiger partial charge in [-0.3, -0.25) is 24.4 Å². The molecule has 3 atom stereocenters. The molecule has 6 rings (SSSR count). The number of carbonyl (C=O) groups is 2. The number of nitro groups is 1. The summed E-state index contributed by atoms with van der Waals surface area (Å²) in [5.41, 5.74) is 1.40. The van der Waals surface area contributed by atoms with Gasteiger partial charge in [-0.25, -0.2) is 0 Å². The second kappa shape index (κ2) is 12.7. The van der Waals surface area contributed by atoms with Gasteiger partial charge in [0, 0.05) is 55.0 Å². The van der Waals surface area contributed by atoms with Crippen molar-refractivity contribution in [3.63, 3.8) is 0 Å². The van der Waals surface area contributed by atoms with E-state index in [2.05, 4.69) is 10.3 Å². The highest BCUT2D eigenvalue weighted by Crippen LogP contribution is 2.47. The van der Waals surface area contributed by atoms with Crippen molar-refractivity contribution < 1.29 is 24.7 Å². The molecule has 2 N–H and O–H groups in total. The number of aliphatic hydroxyl groups is 2. The third-order valence-corrected chi connectivity index (χ3v) is 8.78. The molecule has 2 aliphatic rings. The summed E-state index contributed by atoms with van der Waals surface area (Å²) in [6.07, 6.45) is 6.38. The maximum Gasteiger partial charge on any atom is 0.269 e. The monoisotopic (exact) mass is 622 g/mol. The molecule has 236 valence electrons. The number of allylic oxidation sites excluding steroid dienone is 1. The standard InChI is InChI=1S/C34H34N6O6/c1-23(8-5-6-16-37-21-30(35-36-37)28(22-41)25-10-3-2-4-11-25)34(44)29-19-27(40(45)46)13-14-31(29)39(33(34)43)20-24-9-7-12-26(18-24)38-17-15-32(38)42/h2-5,7-14,18-19,21,23,28,41,44H,6,15-17,20,22H2,1H3/b8-5+/t23-,28?,34+/m1/s1. The Morgan fingerprint density at radius 3 is 2.59 bits per heavy atom. The Bertz CT molecular complexity index is 1810. The van der Waals surface area contributed by atoms with Crippen LogP contribution in [0.4, 0.5) is 17.1 Å². The Morgan fingerprint density at radius 1 is 1.09 bits per heavy atom. The first-order chi connectivity index (χ1) is 22.2. The average Bonchev–Trinajstić information content (AvgIpc) is 3.60. The lowest BCUT2D eigenvalue weighted by Crippen LogP contribution is -2.44. The van der Waals surface area contributed by atoms with Crippen molar-refractivity contribution in [1.82, 2.24) is 15.0 Å². The van der Waals surface area contributed by atoms with Crippen LogP contribution < -0.4 is 9.80 Å². The molecule has 0 spiro atoms. The zero-order valence-electron chi connectivity index (χ0n) is 25.3. The molecule has 2 amide bonds. The fraction of sp³-hybridized carbons (Fsp3) is 0.294. The number of aromatic nitrogens is 3. The molecule has 0 bridgehead atoms. The number of anilines is 2. The zero-order valence-corrected chi connectivity index (χ0v) is 25.3. The quantitative estimate of drug-likeness (QED) is 0.104. The van der Waals surface area contributed by atoms with Crippen molar-refractivity contribution >= 4 is 28.9 Å². The van der Waals surface area contributed by atoms with E-state index in [9.17, 15) is 29.9 Å². The average molecular weight is 623 g/mol. The van der Waals surface area contributed by atoms with E-state index in [1.165, 1.54) is 23.1 Å². The maximum absolute atomic E-state index is 14.0. The van der Waals surface area contributed by atoms with E-state index in [1.54, 1.807) is 28.8 Å². The Hall–Kier alpha value is -5.20. The molecule has 4 aromatic rings. The van der Waals surface area contributed by atoms with E-state index in [0.717, 1.165) is 16.8 Å². The summed E-state index contributed by atoms with van der Waals surface area (Å²) in [6.45, 7) is 2.82. The molecule has 1 fully saturated rings. The minimum Gasteiger partial charge on any atom is -0.395 e. The molecule has 0 radical (unpaired) electrons. The molecule has 12 heteroatoms. The fourth-order valence-electron chi connectivity index (χ4n) is 6.08. The molecule has 1 unspecified atom stereocenters. The van der Waals surface area contributed by atoms with Gasteiger partial charge >= 0.3 is 0 Å². The fourth-order valence-corrected chi connectivity index (χ4v) is 6.08. The number of β-lactam (4-membered cyclic amide) rings is 1. The van der Waals surface area contributed by atoms with Crippen LogP contribution in [0.1, 0.15) is 48.1 Å². The van der Waals surface area contributed by atoms with Gasteiger partial charge in [-0.05, 0) is 35.7 Å². The van der Waals surface area contributed by atoms with Crippen molar-refractivity contribution in [1.29, 1.82) is 0 Å².